The van der Waals surface area contributed by atoms with E-state index in [1.165, 1.54) is 12.4 Å². The number of anilines is 1. The van der Waals surface area contributed by atoms with E-state index in [4.69, 9.17) is 4.74 Å². The Morgan fingerprint density at radius 1 is 1.33 bits per heavy atom. The predicted molar refractivity (Wildman–Crippen MR) is 69.1 cm³/mol. The van der Waals surface area contributed by atoms with Crippen LogP contribution in [0, 0.1) is 5.82 Å². The highest BCUT2D eigenvalue weighted by Crippen LogP contribution is 2.20. The number of rotatable bonds is 6. The number of hydrogen-bond donors (Lipinski definition) is 1. The quantitative estimate of drug-likeness (QED) is 0.799. The SMILES string of the molecule is CCOCCCNc1ncnc2c(F)cccc12. The minimum atomic E-state index is -0.327. The fourth-order valence-electron chi connectivity index (χ4n) is 1.72. The summed E-state index contributed by atoms with van der Waals surface area (Å²) in [6, 6.07) is 4.86. The van der Waals surface area contributed by atoms with Crippen LogP contribution in [0.25, 0.3) is 10.9 Å². The molecule has 96 valence electrons. The van der Waals surface area contributed by atoms with Gasteiger partial charge in [-0.3, -0.25) is 0 Å². The molecule has 0 radical (unpaired) electrons. The van der Waals surface area contributed by atoms with E-state index < -0.39 is 0 Å². The number of aromatic nitrogens is 2. The van der Waals surface area contributed by atoms with E-state index in [1.54, 1.807) is 6.07 Å². The van der Waals surface area contributed by atoms with Crippen molar-refractivity contribution in [1.29, 1.82) is 0 Å². The lowest BCUT2D eigenvalue weighted by Crippen LogP contribution is -2.07. The first-order valence-electron chi connectivity index (χ1n) is 6.03. The third-order valence-corrected chi connectivity index (χ3v) is 2.58. The largest absolute Gasteiger partial charge is 0.382 e. The van der Waals surface area contributed by atoms with Crippen LogP contribution in [0.15, 0.2) is 24.5 Å². The summed E-state index contributed by atoms with van der Waals surface area (Å²) in [6.07, 6.45) is 2.25. The summed E-state index contributed by atoms with van der Waals surface area (Å²) in [7, 11) is 0. The van der Waals surface area contributed by atoms with E-state index in [0.29, 0.717) is 23.3 Å². The number of nitrogens with zero attached hydrogens (tertiary/aromatic N) is 2. The molecule has 0 aliphatic rings. The first-order valence-corrected chi connectivity index (χ1v) is 6.03. The van der Waals surface area contributed by atoms with Crippen molar-refractivity contribution in [1.82, 2.24) is 9.97 Å². The van der Waals surface area contributed by atoms with Crippen molar-refractivity contribution >= 4 is 16.7 Å². The molecular formula is C13H16FN3O. The topological polar surface area (TPSA) is 47.0 Å². The summed E-state index contributed by atoms with van der Waals surface area (Å²) in [6.45, 7) is 4.14. The third kappa shape index (κ3) is 2.92. The molecule has 1 aromatic carbocycles. The zero-order valence-corrected chi connectivity index (χ0v) is 10.3. The Labute approximate surface area is 105 Å². The van der Waals surface area contributed by atoms with Crippen LogP contribution in [0.4, 0.5) is 10.2 Å². The number of hydrogen-bond acceptors (Lipinski definition) is 4. The van der Waals surface area contributed by atoms with Crippen LogP contribution in [-0.2, 0) is 4.74 Å². The van der Waals surface area contributed by atoms with E-state index in [9.17, 15) is 4.39 Å². The first kappa shape index (κ1) is 12.7. The van der Waals surface area contributed by atoms with Crippen molar-refractivity contribution in [3.05, 3.63) is 30.3 Å². The molecule has 0 saturated heterocycles. The summed E-state index contributed by atoms with van der Waals surface area (Å²) >= 11 is 0. The molecular weight excluding hydrogens is 233 g/mol. The minimum absolute atomic E-state index is 0.327. The maximum absolute atomic E-state index is 13.5. The number of ether oxygens (including phenoxy) is 1. The second-order valence-electron chi connectivity index (χ2n) is 3.84. The fourth-order valence-corrected chi connectivity index (χ4v) is 1.72. The molecule has 1 aromatic heterocycles. The lowest BCUT2D eigenvalue weighted by molar-refractivity contribution is 0.147. The van der Waals surface area contributed by atoms with Crippen molar-refractivity contribution in [2.45, 2.75) is 13.3 Å². The molecule has 0 unspecified atom stereocenters. The van der Waals surface area contributed by atoms with Crippen LogP contribution in [0.2, 0.25) is 0 Å². The van der Waals surface area contributed by atoms with Gasteiger partial charge in [0.25, 0.3) is 0 Å². The van der Waals surface area contributed by atoms with Gasteiger partial charge in [0.05, 0.1) is 0 Å². The van der Waals surface area contributed by atoms with Crippen molar-refractivity contribution in [2.24, 2.45) is 0 Å². The van der Waals surface area contributed by atoms with Crippen LogP contribution in [0.5, 0.6) is 0 Å². The molecule has 0 atom stereocenters. The monoisotopic (exact) mass is 249 g/mol. The highest BCUT2D eigenvalue weighted by Gasteiger charge is 2.06. The van der Waals surface area contributed by atoms with E-state index in [2.05, 4.69) is 15.3 Å². The number of benzene rings is 1. The molecule has 0 aliphatic carbocycles. The molecule has 2 rings (SSSR count). The molecule has 18 heavy (non-hydrogen) atoms. The Hall–Kier alpha value is -1.75. The predicted octanol–water partition coefficient (Wildman–Crippen LogP) is 2.61. The molecule has 4 nitrogen and oxygen atoms in total. The number of fused-ring (bicyclic) bond motifs is 1. The lowest BCUT2D eigenvalue weighted by atomic mass is 10.2. The van der Waals surface area contributed by atoms with Crippen molar-refractivity contribution in [3.63, 3.8) is 0 Å². The molecule has 0 fully saturated rings. The van der Waals surface area contributed by atoms with Gasteiger partial charge in [0.1, 0.15) is 23.5 Å². The van der Waals surface area contributed by atoms with E-state index in [-0.39, 0.29) is 5.82 Å². The maximum Gasteiger partial charge on any atom is 0.149 e. The standard InChI is InChI=1S/C13H16FN3O/c1-2-18-8-4-7-15-13-10-5-3-6-11(14)12(10)16-9-17-13/h3,5-6,9H,2,4,7-8H2,1H3,(H,15,16,17). The Morgan fingerprint density at radius 3 is 3.06 bits per heavy atom. The summed E-state index contributed by atoms with van der Waals surface area (Å²) in [5.41, 5.74) is 0.347. The Balaban J connectivity index is 2.07. The van der Waals surface area contributed by atoms with Gasteiger partial charge in [0, 0.05) is 25.1 Å². The minimum Gasteiger partial charge on any atom is -0.382 e. The molecule has 0 spiro atoms. The summed E-state index contributed by atoms with van der Waals surface area (Å²) in [5.74, 6) is 0.336. The van der Waals surface area contributed by atoms with Gasteiger partial charge in [-0.25, -0.2) is 14.4 Å². The van der Waals surface area contributed by atoms with E-state index >= 15 is 0 Å². The summed E-state index contributed by atoms with van der Waals surface area (Å²) < 4.78 is 18.8. The van der Waals surface area contributed by atoms with Gasteiger partial charge >= 0.3 is 0 Å². The van der Waals surface area contributed by atoms with Gasteiger partial charge in [0.2, 0.25) is 0 Å². The number of nitrogens with one attached hydrogen (secondary N) is 1. The van der Waals surface area contributed by atoms with Crippen molar-refractivity contribution in [3.8, 4) is 0 Å². The van der Waals surface area contributed by atoms with Crippen molar-refractivity contribution in [2.75, 3.05) is 25.1 Å². The van der Waals surface area contributed by atoms with Gasteiger partial charge in [-0.2, -0.15) is 0 Å². The highest BCUT2D eigenvalue weighted by molar-refractivity contribution is 5.89. The molecule has 0 amide bonds. The lowest BCUT2D eigenvalue weighted by Gasteiger charge is -2.08. The van der Waals surface area contributed by atoms with Gasteiger partial charge in [0.15, 0.2) is 0 Å². The third-order valence-electron chi connectivity index (χ3n) is 2.58. The summed E-state index contributed by atoms with van der Waals surface area (Å²) in [4.78, 5) is 8.08. The Kier molecular flexibility index (Phi) is 4.41. The molecule has 0 saturated carbocycles. The van der Waals surface area contributed by atoms with Gasteiger partial charge in [-0.1, -0.05) is 6.07 Å². The maximum atomic E-state index is 13.5. The van der Waals surface area contributed by atoms with Crippen LogP contribution in [-0.4, -0.2) is 29.7 Å². The molecule has 0 bridgehead atoms. The summed E-state index contributed by atoms with van der Waals surface area (Å²) in [5, 5.41) is 3.88. The molecule has 2 aromatic rings. The second kappa shape index (κ2) is 6.26. The Morgan fingerprint density at radius 2 is 2.22 bits per heavy atom. The highest BCUT2D eigenvalue weighted by atomic mass is 19.1. The van der Waals surface area contributed by atoms with Gasteiger partial charge in [-0.05, 0) is 25.5 Å². The van der Waals surface area contributed by atoms with E-state index in [1.807, 2.05) is 13.0 Å². The fraction of sp³-hybridized carbons (Fsp3) is 0.385. The average Bonchev–Trinajstić information content (AvgIpc) is 2.39. The van der Waals surface area contributed by atoms with Gasteiger partial charge in [-0.15, -0.1) is 0 Å². The van der Waals surface area contributed by atoms with Crippen LogP contribution in [0.1, 0.15) is 13.3 Å². The zero-order valence-electron chi connectivity index (χ0n) is 10.3. The molecule has 1 N–H and O–H groups in total. The van der Waals surface area contributed by atoms with Crippen LogP contribution < -0.4 is 5.32 Å². The number of para-hydroxylation sites is 1. The first-order chi connectivity index (χ1) is 8.83. The smallest absolute Gasteiger partial charge is 0.149 e. The van der Waals surface area contributed by atoms with Crippen LogP contribution >= 0.6 is 0 Å². The zero-order chi connectivity index (χ0) is 12.8. The van der Waals surface area contributed by atoms with Crippen LogP contribution in [0.3, 0.4) is 0 Å². The number of halogens is 1. The van der Waals surface area contributed by atoms with Gasteiger partial charge < -0.3 is 10.1 Å². The molecule has 0 aliphatic heterocycles. The normalized spacial score (nSPS) is 10.8. The van der Waals surface area contributed by atoms with Crippen molar-refractivity contribution < 1.29 is 9.13 Å². The van der Waals surface area contributed by atoms with E-state index in [0.717, 1.165) is 19.6 Å². The Bertz CT molecular complexity index is 519. The molecule has 5 heteroatoms. The molecule has 1 heterocycles. The average molecular weight is 249 g/mol. The second-order valence-corrected chi connectivity index (χ2v) is 3.84.